The van der Waals surface area contributed by atoms with Crippen molar-refractivity contribution < 1.29 is 17.7 Å². The summed E-state index contributed by atoms with van der Waals surface area (Å²) in [6, 6.07) is 11.9. The molecule has 4 rings (SSSR count). The molecule has 0 saturated carbocycles. The zero-order valence-electron chi connectivity index (χ0n) is 17.2. The van der Waals surface area contributed by atoms with Crippen molar-refractivity contribution in [3.05, 3.63) is 53.7 Å². The van der Waals surface area contributed by atoms with Gasteiger partial charge in [-0.1, -0.05) is 17.3 Å². The lowest BCUT2D eigenvalue weighted by atomic mass is 10.1. The van der Waals surface area contributed by atoms with E-state index in [0.29, 0.717) is 29.7 Å². The number of anilines is 1. The molecule has 0 N–H and O–H groups in total. The molecule has 2 aromatic carbocycles. The first-order valence-corrected chi connectivity index (χ1v) is 11.6. The summed E-state index contributed by atoms with van der Waals surface area (Å²) in [5.41, 5.74) is 2.15. The van der Waals surface area contributed by atoms with E-state index < -0.39 is 10.0 Å². The topological polar surface area (TPSA) is 83.7 Å². The van der Waals surface area contributed by atoms with Crippen LogP contribution in [-0.4, -0.2) is 44.0 Å². The number of nitrogens with zero attached hydrogens (tertiary/aromatic N) is 3. The minimum absolute atomic E-state index is 0.106. The van der Waals surface area contributed by atoms with Crippen molar-refractivity contribution in [2.75, 3.05) is 23.9 Å². The molecule has 158 valence electrons. The van der Waals surface area contributed by atoms with Gasteiger partial charge in [0, 0.05) is 19.6 Å². The largest absolute Gasteiger partial charge is 0.355 e. The van der Waals surface area contributed by atoms with Crippen molar-refractivity contribution in [2.45, 2.75) is 38.0 Å². The van der Waals surface area contributed by atoms with Crippen molar-refractivity contribution in [1.29, 1.82) is 0 Å². The Morgan fingerprint density at radius 1 is 1.13 bits per heavy atom. The highest BCUT2D eigenvalue weighted by molar-refractivity contribution is 7.92. The predicted octanol–water partition coefficient (Wildman–Crippen LogP) is 3.98. The average Bonchev–Trinajstić information content (AvgIpc) is 3.17. The van der Waals surface area contributed by atoms with Crippen molar-refractivity contribution in [1.82, 2.24) is 10.1 Å². The van der Waals surface area contributed by atoms with Gasteiger partial charge in [0.15, 0.2) is 11.3 Å². The third-order valence-electron chi connectivity index (χ3n) is 5.45. The first-order valence-electron chi connectivity index (χ1n) is 10.2. The van der Waals surface area contributed by atoms with Gasteiger partial charge in [0.1, 0.15) is 0 Å². The summed E-state index contributed by atoms with van der Waals surface area (Å²) in [5, 5.41) is 4.38. The van der Waals surface area contributed by atoms with Crippen LogP contribution in [0.4, 0.5) is 5.69 Å². The highest BCUT2D eigenvalue weighted by Gasteiger charge is 2.28. The first-order chi connectivity index (χ1) is 14.4. The molecule has 1 amide bonds. The molecule has 0 bridgehead atoms. The molecule has 2 heterocycles. The van der Waals surface area contributed by atoms with Crippen LogP contribution in [0.15, 0.2) is 51.9 Å². The monoisotopic (exact) mass is 427 g/mol. The van der Waals surface area contributed by atoms with Gasteiger partial charge >= 0.3 is 0 Å². The molecule has 1 aliphatic rings. The maximum Gasteiger partial charge on any atom is 0.276 e. The standard InChI is InChI=1S/C22H25N3O4S/c1-3-25(17-9-7-8-16(2)14-17)30(27,28)18-10-11-20-19(15-18)21(23-29-20)22(26)24-12-5-4-6-13-24/h7-11,14-15H,3-6,12-13H2,1-2H3. The van der Waals surface area contributed by atoms with Crippen LogP contribution in [0.25, 0.3) is 11.0 Å². The molecule has 1 fully saturated rings. The molecular weight excluding hydrogens is 402 g/mol. The fourth-order valence-corrected chi connectivity index (χ4v) is 5.37. The van der Waals surface area contributed by atoms with E-state index in [9.17, 15) is 13.2 Å². The van der Waals surface area contributed by atoms with Crippen LogP contribution in [-0.2, 0) is 10.0 Å². The number of aromatic nitrogens is 1. The normalized spacial score (nSPS) is 14.8. The Kier molecular flexibility index (Phi) is 5.51. The number of amides is 1. The molecule has 7 nitrogen and oxygen atoms in total. The van der Waals surface area contributed by atoms with E-state index in [1.807, 2.05) is 25.1 Å². The van der Waals surface area contributed by atoms with Crippen molar-refractivity contribution >= 4 is 32.6 Å². The van der Waals surface area contributed by atoms with Crippen molar-refractivity contribution in [3.8, 4) is 0 Å². The lowest BCUT2D eigenvalue weighted by Crippen LogP contribution is -2.35. The van der Waals surface area contributed by atoms with Crippen LogP contribution < -0.4 is 4.31 Å². The van der Waals surface area contributed by atoms with E-state index >= 15 is 0 Å². The first kappa shape index (κ1) is 20.4. The zero-order chi connectivity index (χ0) is 21.3. The van der Waals surface area contributed by atoms with Gasteiger partial charge in [0.05, 0.1) is 16.0 Å². The molecule has 0 spiro atoms. The smallest absolute Gasteiger partial charge is 0.276 e. The minimum atomic E-state index is -3.82. The highest BCUT2D eigenvalue weighted by Crippen LogP contribution is 2.29. The lowest BCUT2D eigenvalue weighted by molar-refractivity contribution is 0.0716. The molecule has 0 aliphatic carbocycles. The molecule has 3 aromatic rings. The van der Waals surface area contributed by atoms with Crippen LogP contribution in [0.5, 0.6) is 0 Å². The summed E-state index contributed by atoms with van der Waals surface area (Å²) in [6.45, 7) is 5.37. The lowest BCUT2D eigenvalue weighted by Gasteiger charge is -2.25. The molecule has 0 radical (unpaired) electrons. The number of carbonyl (C=O) groups excluding carboxylic acids is 1. The Morgan fingerprint density at radius 3 is 2.60 bits per heavy atom. The Morgan fingerprint density at radius 2 is 1.90 bits per heavy atom. The third-order valence-corrected chi connectivity index (χ3v) is 7.35. The molecule has 1 aromatic heterocycles. The molecular formula is C22H25N3O4S. The SMILES string of the molecule is CCN(c1cccc(C)c1)S(=O)(=O)c1ccc2onc(C(=O)N3CCCCC3)c2c1. The van der Waals surface area contributed by atoms with Crippen LogP contribution >= 0.6 is 0 Å². The Bertz CT molecular complexity index is 1180. The highest BCUT2D eigenvalue weighted by atomic mass is 32.2. The predicted molar refractivity (Wildman–Crippen MR) is 115 cm³/mol. The van der Waals surface area contributed by atoms with E-state index in [-0.39, 0.29) is 23.0 Å². The Labute approximate surface area is 176 Å². The number of piperidine rings is 1. The molecule has 30 heavy (non-hydrogen) atoms. The van der Waals surface area contributed by atoms with E-state index in [1.54, 1.807) is 24.0 Å². The zero-order valence-corrected chi connectivity index (χ0v) is 18.0. The maximum absolute atomic E-state index is 13.4. The summed E-state index contributed by atoms with van der Waals surface area (Å²) in [7, 11) is -3.82. The Balaban J connectivity index is 1.74. The number of hydrogen-bond acceptors (Lipinski definition) is 5. The maximum atomic E-state index is 13.4. The summed E-state index contributed by atoms with van der Waals surface area (Å²) >= 11 is 0. The number of sulfonamides is 1. The quantitative estimate of drug-likeness (QED) is 0.615. The third kappa shape index (κ3) is 3.67. The molecule has 1 saturated heterocycles. The van der Waals surface area contributed by atoms with Crippen LogP contribution in [0.1, 0.15) is 42.2 Å². The molecule has 0 unspecified atom stereocenters. The second-order valence-electron chi connectivity index (χ2n) is 7.55. The fraction of sp³-hybridized carbons (Fsp3) is 0.364. The average molecular weight is 428 g/mol. The van der Waals surface area contributed by atoms with Gasteiger partial charge in [-0.25, -0.2) is 8.42 Å². The molecule has 0 atom stereocenters. The van der Waals surface area contributed by atoms with E-state index in [1.165, 1.54) is 16.4 Å². The second-order valence-corrected chi connectivity index (χ2v) is 9.41. The van der Waals surface area contributed by atoms with Gasteiger partial charge in [0.2, 0.25) is 0 Å². The van der Waals surface area contributed by atoms with Gasteiger partial charge in [0.25, 0.3) is 15.9 Å². The van der Waals surface area contributed by atoms with Gasteiger partial charge in [-0.05, 0) is 69.0 Å². The number of fused-ring (bicyclic) bond motifs is 1. The number of carbonyl (C=O) groups is 1. The summed E-state index contributed by atoms with van der Waals surface area (Å²) in [4.78, 5) is 14.8. The van der Waals surface area contributed by atoms with E-state index in [4.69, 9.17) is 4.52 Å². The number of rotatable bonds is 5. The summed E-state index contributed by atoms with van der Waals surface area (Å²) < 4.78 is 33.5. The van der Waals surface area contributed by atoms with E-state index in [2.05, 4.69) is 5.16 Å². The minimum Gasteiger partial charge on any atom is -0.355 e. The second kappa shape index (κ2) is 8.10. The van der Waals surface area contributed by atoms with Gasteiger partial charge in [-0.3, -0.25) is 9.10 Å². The van der Waals surface area contributed by atoms with Crippen molar-refractivity contribution in [2.24, 2.45) is 0 Å². The van der Waals surface area contributed by atoms with Crippen LogP contribution in [0.2, 0.25) is 0 Å². The number of hydrogen-bond donors (Lipinski definition) is 0. The van der Waals surface area contributed by atoms with Crippen LogP contribution in [0, 0.1) is 6.92 Å². The summed E-state index contributed by atoms with van der Waals surface area (Å²) in [5.74, 6) is -0.214. The van der Waals surface area contributed by atoms with Gasteiger partial charge in [-0.15, -0.1) is 0 Å². The van der Waals surface area contributed by atoms with Gasteiger partial charge < -0.3 is 9.42 Å². The van der Waals surface area contributed by atoms with Gasteiger partial charge in [-0.2, -0.15) is 0 Å². The number of benzene rings is 2. The molecule has 1 aliphatic heterocycles. The number of aryl methyl sites for hydroxylation is 1. The Hall–Kier alpha value is -2.87. The molecule has 8 heteroatoms. The van der Waals surface area contributed by atoms with Crippen molar-refractivity contribution in [3.63, 3.8) is 0 Å². The number of likely N-dealkylation sites (tertiary alicyclic amines) is 1. The fourth-order valence-electron chi connectivity index (χ4n) is 3.88. The summed E-state index contributed by atoms with van der Waals surface area (Å²) in [6.07, 6.45) is 3.03. The van der Waals surface area contributed by atoms with Crippen LogP contribution in [0.3, 0.4) is 0 Å². The van der Waals surface area contributed by atoms with E-state index in [0.717, 1.165) is 24.8 Å².